The minimum Gasteiger partial charge on any atom is -0.496 e. The molecule has 0 radical (unpaired) electrons. The Morgan fingerprint density at radius 3 is 2.52 bits per heavy atom. The number of β-amino-alcohol motifs (C(OH)–C–C–N with tert-alkyl or cyclic N) is 1. The Kier molecular flexibility index (Phi) is 7.17. The molecule has 0 aliphatic carbocycles. The van der Waals surface area contributed by atoms with Crippen LogP contribution in [0, 0.1) is 0 Å². The smallest absolute Gasteiger partial charge is 0.197 e. The van der Waals surface area contributed by atoms with Gasteiger partial charge in [0.25, 0.3) is 0 Å². The van der Waals surface area contributed by atoms with E-state index in [1.807, 2.05) is 19.2 Å². The topological polar surface area (TPSA) is 72.1 Å². The fourth-order valence-corrected chi connectivity index (χ4v) is 4.43. The molecule has 1 aliphatic rings. The van der Waals surface area contributed by atoms with Gasteiger partial charge in [0.05, 0.1) is 25.3 Å². The number of ether oxygens (including phenoxy) is 2. The largest absolute Gasteiger partial charge is 0.496 e. The van der Waals surface area contributed by atoms with Gasteiger partial charge in [-0.3, -0.25) is 4.79 Å². The summed E-state index contributed by atoms with van der Waals surface area (Å²) in [7, 11) is 5.03. The number of hydrogen-bond donors (Lipinski definition) is 1. The molecule has 1 saturated heterocycles. The highest BCUT2D eigenvalue weighted by molar-refractivity contribution is 6.33. The molecule has 0 unspecified atom stereocenters. The highest BCUT2D eigenvalue weighted by Crippen LogP contribution is 2.43. The third-order valence-corrected chi connectivity index (χ3v) is 6.03. The van der Waals surface area contributed by atoms with Crippen LogP contribution in [-0.4, -0.2) is 50.5 Å². The van der Waals surface area contributed by atoms with E-state index in [0.29, 0.717) is 57.3 Å². The van der Waals surface area contributed by atoms with Crippen molar-refractivity contribution >= 4 is 35.0 Å². The fourth-order valence-electron chi connectivity index (χ4n) is 4.20. The van der Waals surface area contributed by atoms with E-state index in [-0.39, 0.29) is 23.8 Å². The van der Waals surface area contributed by atoms with Crippen molar-refractivity contribution in [3.63, 3.8) is 0 Å². The summed E-state index contributed by atoms with van der Waals surface area (Å²) in [5.41, 5.74) is 1.42. The molecule has 0 saturated carbocycles. The summed E-state index contributed by atoms with van der Waals surface area (Å²) < 4.78 is 17.4. The number of halogens is 2. The van der Waals surface area contributed by atoms with Crippen LogP contribution >= 0.6 is 24.0 Å². The first-order valence-electron chi connectivity index (χ1n) is 9.78. The first-order valence-corrected chi connectivity index (χ1v) is 10.2. The lowest BCUT2D eigenvalue weighted by Crippen LogP contribution is -2.40. The molecule has 2 aromatic carbocycles. The van der Waals surface area contributed by atoms with E-state index in [1.54, 1.807) is 25.3 Å². The highest BCUT2D eigenvalue weighted by atomic mass is 35.5. The van der Waals surface area contributed by atoms with Crippen molar-refractivity contribution in [2.45, 2.75) is 18.4 Å². The van der Waals surface area contributed by atoms with Crippen molar-refractivity contribution in [3.05, 3.63) is 57.2 Å². The predicted octanol–water partition coefficient (Wildman–Crippen LogP) is 4.33. The van der Waals surface area contributed by atoms with Crippen LogP contribution in [0.3, 0.4) is 0 Å². The van der Waals surface area contributed by atoms with Gasteiger partial charge < -0.3 is 23.9 Å². The summed E-state index contributed by atoms with van der Waals surface area (Å²) in [5.74, 6) is 1.01. The van der Waals surface area contributed by atoms with Gasteiger partial charge in [-0.2, -0.15) is 0 Å². The Hall–Kier alpha value is -2.25. The Morgan fingerprint density at radius 1 is 1.16 bits per heavy atom. The summed E-state index contributed by atoms with van der Waals surface area (Å²) in [5, 5.41) is 11.6. The maximum atomic E-state index is 13.1. The van der Waals surface area contributed by atoms with Gasteiger partial charge in [-0.1, -0.05) is 23.7 Å². The van der Waals surface area contributed by atoms with Crippen molar-refractivity contribution in [1.29, 1.82) is 0 Å². The molecule has 0 bridgehead atoms. The molecular formula is C23H25Cl2NO5. The molecule has 3 aromatic rings. The molecule has 2 heterocycles. The van der Waals surface area contributed by atoms with Gasteiger partial charge in [-0.25, -0.2) is 0 Å². The Bertz CT molecular complexity index is 1150. The van der Waals surface area contributed by atoms with Crippen LogP contribution in [0.25, 0.3) is 22.3 Å². The maximum absolute atomic E-state index is 13.1. The van der Waals surface area contributed by atoms with Crippen LogP contribution in [0.2, 0.25) is 5.02 Å². The van der Waals surface area contributed by atoms with Crippen molar-refractivity contribution in [1.82, 2.24) is 4.90 Å². The van der Waals surface area contributed by atoms with Crippen molar-refractivity contribution < 1.29 is 19.0 Å². The summed E-state index contributed by atoms with van der Waals surface area (Å²) in [4.78, 5) is 15.2. The van der Waals surface area contributed by atoms with E-state index in [9.17, 15) is 9.90 Å². The Balaban J connectivity index is 0.00000272. The SMILES string of the molecule is COc1cc(OC)c2c(=O)cc(-c3ccccc3Cl)oc2c1[C@H]1CCN(C)C[C@H]1O.Cl. The van der Waals surface area contributed by atoms with E-state index >= 15 is 0 Å². The third-order valence-electron chi connectivity index (χ3n) is 5.70. The summed E-state index contributed by atoms with van der Waals surface area (Å²) in [6.07, 6.45) is 0.0821. The number of likely N-dealkylation sites (tertiary alicyclic amines) is 1. The van der Waals surface area contributed by atoms with Gasteiger partial charge in [0.1, 0.15) is 28.2 Å². The lowest BCUT2D eigenvalue weighted by Gasteiger charge is -2.34. The second kappa shape index (κ2) is 9.49. The molecule has 6 nitrogen and oxygen atoms in total. The first kappa shape index (κ1) is 23.4. The van der Waals surface area contributed by atoms with Crippen molar-refractivity contribution in [3.8, 4) is 22.8 Å². The van der Waals surface area contributed by atoms with Crippen LogP contribution in [0.4, 0.5) is 0 Å². The number of benzene rings is 2. The number of methoxy groups -OCH3 is 2. The van der Waals surface area contributed by atoms with Gasteiger partial charge in [0.2, 0.25) is 0 Å². The normalized spacial score (nSPS) is 19.1. The molecule has 8 heteroatoms. The van der Waals surface area contributed by atoms with E-state index < -0.39 is 6.10 Å². The number of likely N-dealkylation sites (N-methyl/N-ethyl adjacent to an activating group) is 1. The molecule has 0 amide bonds. The highest BCUT2D eigenvalue weighted by Gasteiger charge is 2.33. The van der Waals surface area contributed by atoms with Crippen molar-refractivity contribution in [2.24, 2.45) is 0 Å². The number of rotatable bonds is 4. The van der Waals surface area contributed by atoms with Crippen LogP contribution in [0.15, 0.2) is 45.6 Å². The number of aliphatic hydroxyl groups excluding tert-OH is 1. The van der Waals surface area contributed by atoms with Gasteiger partial charge in [0.15, 0.2) is 5.43 Å². The summed E-state index contributed by atoms with van der Waals surface area (Å²) >= 11 is 6.35. The first-order chi connectivity index (χ1) is 14.4. The number of piperidine rings is 1. The average Bonchev–Trinajstić information content (AvgIpc) is 2.73. The maximum Gasteiger partial charge on any atom is 0.197 e. The molecule has 1 aliphatic heterocycles. The molecule has 1 aromatic heterocycles. The van der Waals surface area contributed by atoms with E-state index in [4.69, 9.17) is 25.5 Å². The molecular weight excluding hydrogens is 441 g/mol. The van der Waals surface area contributed by atoms with Crippen molar-refractivity contribution in [2.75, 3.05) is 34.4 Å². The Labute approximate surface area is 191 Å². The monoisotopic (exact) mass is 465 g/mol. The molecule has 31 heavy (non-hydrogen) atoms. The number of hydrogen-bond acceptors (Lipinski definition) is 6. The minimum absolute atomic E-state index is 0. The van der Waals surface area contributed by atoms with Crippen LogP contribution < -0.4 is 14.9 Å². The van der Waals surface area contributed by atoms with E-state index in [1.165, 1.54) is 13.2 Å². The number of aliphatic hydroxyl groups is 1. The molecule has 166 valence electrons. The predicted molar refractivity (Wildman–Crippen MR) is 124 cm³/mol. The molecule has 4 rings (SSSR count). The quantitative estimate of drug-likeness (QED) is 0.617. The van der Waals surface area contributed by atoms with Crippen LogP contribution in [0.1, 0.15) is 17.9 Å². The van der Waals surface area contributed by atoms with Crippen LogP contribution in [-0.2, 0) is 0 Å². The second-order valence-electron chi connectivity index (χ2n) is 7.58. The summed E-state index contributed by atoms with van der Waals surface area (Å²) in [6, 6.07) is 10.3. The molecule has 1 N–H and O–H groups in total. The lowest BCUT2D eigenvalue weighted by atomic mass is 9.85. The zero-order valence-corrected chi connectivity index (χ0v) is 19.1. The summed E-state index contributed by atoms with van der Waals surface area (Å²) in [6.45, 7) is 1.34. The van der Waals surface area contributed by atoms with Gasteiger partial charge in [0, 0.05) is 35.7 Å². The second-order valence-corrected chi connectivity index (χ2v) is 7.99. The molecule has 2 atom stereocenters. The van der Waals surface area contributed by atoms with E-state index in [0.717, 1.165) is 6.54 Å². The van der Waals surface area contributed by atoms with E-state index in [2.05, 4.69) is 4.90 Å². The number of nitrogens with zero attached hydrogens (tertiary/aromatic N) is 1. The minimum atomic E-state index is -0.622. The van der Waals surface area contributed by atoms with Gasteiger partial charge in [-0.15, -0.1) is 12.4 Å². The molecule has 1 fully saturated rings. The third kappa shape index (κ3) is 4.26. The van der Waals surface area contributed by atoms with Gasteiger partial charge in [-0.05, 0) is 32.1 Å². The average molecular weight is 466 g/mol. The fraction of sp³-hybridized carbons (Fsp3) is 0.348. The molecule has 0 spiro atoms. The zero-order chi connectivity index (χ0) is 21.4. The van der Waals surface area contributed by atoms with Crippen LogP contribution in [0.5, 0.6) is 11.5 Å². The lowest BCUT2D eigenvalue weighted by molar-refractivity contribution is 0.0630. The van der Waals surface area contributed by atoms with Gasteiger partial charge >= 0.3 is 0 Å². The zero-order valence-electron chi connectivity index (χ0n) is 17.6. The standard InChI is InChI=1S/C23H24ClNO5.ClH/c1-25-9-8-14(17(27)12-25)21-19(28-2)11-20(29-3)22-16(26)10-18(30-23(21)22)13-6-4-5-7-15(13)24;/h4-7,10-11,14,17,27H,8-9,12H2,1-3H3;1H/t14-,17+;/m0./s1. The Morgan fingerprint density at radius 2 is 1.87 bits per heavy atom. The number of fused-ring (bicyclic) bond motifs is 1.